The Morgan fingerprint density at radius 2 is 2.22 bits per heavy atom. The summed E-state index contributed by atoms with van der Waals surface area (Å²) in [6, 6.07) is 0. The number of hydroxylamine groups is 1. The predicted molar refractivity (Wildman–Crippen MR) is 54.9 cm³/mol. The van der Waals surface area contributed by atoms with E-state index < -0.39 is 24.6 Å². The molecule has 2 N–H and O–H groups in total. The summed E-state index contributed by atoms with van der Waals surface area (Å²) in [5, 5.41) is 15.4. The molecular weight excluding hydrogens is 246 g/mol. The van der Waals surface area contributed by atoms with Crippen molar-refractivity contribution in [3.63, 3.8) is 0 Å². The number of aromatic nitrogens is 2. The minimum atomic E-state index is -0.966. The Morgan fingerprint density at radius 1 is 1.50 bits per heavy atom. The number of nitrogens with zero attached hydrogens (tertiary/aromatic N) is 2. The first kappa shape index (κ1) is 14.1. The van der Waals surface area contributed by atoms with Crippen LogP contribution >= 0.6 is 0 Å². The van der Waals surface area contributed by atoms with Crippen LogP contribution in [0.2, 0.25) is 0 Å². The highest BCUT2D eigenvalue weighted by atomic mass is 16.7. The number of aliphatic hydroxyl groups excluding tert-OH is 1. The third-order valence-electron chi connectivity index (χ3n) is 1.87. The lowest BCUT2D eigenvalue weighted by atomic mass is 10.3. The second kappa shape index (κ2) is 6.67. The molecule has 1 heterocycles. The van der Waals surface area contributed by atoms with Crippen molar-refractivity contribution in [3.8, 4) is 0 Å². The van der Waals surface area contributed by atoms with Crippen LogP contribution < -0.4 is 5.48 Å². The molecule has 0 aromatic carbocycles. The van der Waals surface area contributed by atoms with Crippen LogP contribution in [0, 0.1) is 0 Å². The summed E-state index contributed by atoms with van der Waals surface area (Å²) in [6.45, 7) is 2.77. The quantitative estimate of drug-likeness (QED) is 0.501. The highest BCUT2D eigenvalue weighted by Gasteiger charge is 2.21. The predicted octanol–water partition coefficient (Wildman–Crippen LogP) is -0.825. The molecule has 0 aliphatic heterocycles. The van der Waals surface area contributed by atoms with Crippen LogP contribution in [0.15, 0.2) is 4.63 Å². The Morgan fingerprint density at radius 3 is 2.83 bits per heavy atom. The molecule has 1 rings (SSSR count). The fraction of sp³-hybridized carbons (Fsp3) is 0.556. The van der Waals surface area contributed by atoms with Gasteiger partial charge in [-0.15, -0.1) is 0 Å². The second-order valence-electron chi connectivity index (χ2n) is 3.16. The molecule has 1 aromatic rings. The minimum Gasteiger partial charge on any atom is -0.464 e. The summed E-state index contributed by atoms with van der Waals surface area (Å²) < 4.78 is 8.95. The van der Waals surface area contributed by atoms with Crippen LogP contribution in [-0.2, 0) is 21.0 Å². The molecule has 0 fully saturated rings. The fourth-order valence-corrected chi connectivity index (χ4v) is 0.981. The van der Waals surface area contributed by atoms with Crippen LogP contribution in [0.5, 0.6) is 0 Å². The van der Waals surface area contributed by atoms with Crippen molar-refractivity contribution < 1.29 is 28.9 Å². The largest absolute Gasteiger partial charge is 0.464 e. The number of hydrogen-bond acceptors (Lipinski definition) is 8. The van der Waals surface area contributed by atoms with E-state index in [1.807, 2.05) is 5.48 Å². The van der Waals surface area contributed by atoms with Gasteiger partial charge in [-0.1, -0.05) is 5.16 Å². The smallest absolute Gasteiger partial charge is 0.337 e. The van der Waals surface area contributed by atoms with Gasteiger partial charge < -0.3 is 9.84 Å². The summed E-state index contributed by atoms with van der Waals surface area (Å²) in [7, 11) is 0. The summed E-state index contributed by atoms with van der Waals surface area (Å²) in [6.07, 6.45) is -0.966. The Labute approximate surface area is 102 Å². The molecule has 18 heavy (non-hydrogen) atoms. The summed E-state index contributed by atoms with van der Waals surface area (Å²) in [4.78, 5) is 27.5. The lowest BCUT2D eigenvalue weighted by Gasteiger charge is -2.11. The number of rotatable bonds is 6. The number of carbonyl (C=O) groups excluding carboxylic acids is 2. The zero-order chi connectivity index (χ0) is 13.5. The molecule has 9 nitrogen and oxygen atoms in total. The maximum atomic E-state index is 11.5. The average molecular weight is 259 g/mol. The van der Waals surface area contributed by atoms with E-state index in [1.165, 1.54) is 6.92 Å². The van der Waals surface area contributed by atoms with Crippen molar-refractivity contribution in [3.05, 3.63) is 11.4 Å². The van der Waals surface area contributed by atoms with Gasteiger partial charge in [-0.05, 0) is 19.0 Å². The van der Waals surface area contributed by atoms with Gasteiger partial charge in [0, 0.05) is 0 Å². The Kier molecular flexibility index (Phi) is 5.21. The van der Waals surface area contributed by atoms with Gasteiger partial charge in [0.1, 0.15) is 5.69 Å². The fourth-order valence-electron chi connectivity index (χ4n) is 0.981. The van der Waals surface area contributed by atoms with Crippen LogP contribution in [0.25, 0.3) is 0 Å². The van der Waals surface area contributed by atoms with Gasteiger partial charge in [0.15, 0.2) is 11.8 Å². The lowest BCUT2D eigenvalue weighted by Crippen LogP contribution is -2.34. The number of nitrogens with one attached hydrogen (secondary N) is 1. The molecule has 0 aliphatic rings. The Bertz CT molecular complexity index is 418. The highest BCUT2D eigenvalue weighted by molar-refractivity contribution is 5.92. The molecule has 1 amide bonds. The van der Waals surface area contributed by atoms with E-state index in [-0.39, 0.29) is 18.0 Å². The molecule has 0 saturated carbocycles. The van der Waals surface area contributed by atoms with Crippen molar-refractivity contribution in [2.75, 3.05) is 6.61 Å². The molecule has 0 saturated heterocycles. The normalized spacial score (nSPS) is 11.9. The molecule has 100 valence electrons. The zero-order valence-electron chi connectivity index (χ0n) is 9.87. The van der Waals surface area contributed by atoms with Gasteiger partial charge in [-0.3, -0.25) is 9.63 Å². The second-order valence-corrected chi connectivity index (χ2v) is 3.16. The summed E-state index contributed by atoms with van der Waals surface area (Å²) in [5.74, 6) is -1.39. The van der Waals surface area contributed by atoms with Crippen LogP contribution in [-0.4, -0.2) is 40.0 Å². The zero-order valence-corrected chi connectivity index (χ0v) is 9.87. The molecule has 1 atom stereocenters. The number of amides is 1. The topological polar surface area (TPSA) is 124 Å². The van der Waals surface area contributed by atoms with Crippen molar-refractivity contribution in [2.45, 2.75) is 26.6 Å². The highest BCUT2D eigenvalue weighted by Crippen LogP contribution is 2.02. The van der Waals surface area contributed by atoms with Crippen molar-refractivity contribution in [1.82, 2.24) is 15.8 Å². The number of esters is 1. The first-order valence-corrected chi connectivity index (χ1v) is 5.15. The van der Waals surface area contributed by atoms with Gasteiger partial charge in [0.2, 0.25) is 0 Å². The summed E-state index contributed by atoms with van der Waals surface area (Å²) >= 11 is 0. The van der Waals surface area contributed by atoms with Crippen LogP contribution in [0.3, 0.4) is 0 Å². The van der Waals surface area contributed by atoms with E-state index >= 15 is 0 Å². The van der Waals surface area contributed by atoms with Gasteiger partial charge in [0.25, 0.3) is 5.91 Å². The molecule has 9 heteroatoms. The van der Waals surface area contributed by atoms with Crippen LogP contribution in [0.4, 0.5) is 0 Å². The summed E-state index contributed by atoms with van der Waals surface area (Å²) in [5.41, 5.74) is 1.74. The number of aliphatic hydroxyl groups is 1. The van der Waals surface area contributed by atoms with Gasteiger partial charge in [-0.25, -0.2) is 14.9 Å². The minimum absolute atomic E-state index is 0.0279. The van der Waals surface area contributed by atoms with E-state index in [0.29, 0.717) is 0 Å². The van der Waals surface area contributed by atoms with E-state index in [9.17, 15) is 9.59 Å². The monoisotopic (exact) mass is 259 g/mol. The van der Waals surface area contributed by atoms with Gasteiger partial charge in [-0.2, -0.15) is 0 Å². The van der Waals surface area contributed by atoms with E-state index in [4.69, 9.17) is 9.94 Å². The molecule has 0 bridgehead atoms. The van der Waals surface area contributed by atoms with Crippen molar-refractivity contribution in [1.29, 1.82) is 0 Å². The first-order valence-electron chi connectivity index (χ1n) is 5.15. The number of ether oxygens (including phenoxy) is 1. The molecule has 0 aliphatic carbocycles. The van der Waals surface area contributed by atoms with Crippen molar-refractivity contribution in [2.24, 2.45) is 0 Å². The van der Waals surface area contributed by atoms with E-state index in [2.05, 4.69) is 19.7 Å². The van der Waals surface area contributed by atoms with E-state index in [0.717, 1.165) is 0 Å². The maximum Gasteiger partial charge on any atom is 0.337 e. The Balaban J connectivity index is 2.49. The molecule has 0 spiro atoms. The Hall–Kier alpha value is -2.00. The lowest BCUT2D eigenvalue weighted by molar-refractivity contribution is -0.158. The molecular formula is C9H13N3O6. The number of carbonyl (C=O) groups is 2. The first-order chi connectivity index (χ1) is 8.60. The van der Waals surface area contributed by atoms with E-state index in [1.54, 1.807) is 6.92 Å². The standard InChI is InChI=1S/C9H13N3O6/c1-3-16-9(15)5(2)17-12-8(14)7-6(4-13)10-18-11-7/h5,13H,3-4H2,1-2H3,(H,12,14). The third-order valence-corrected chi connectivity index (χ3v) is 1.87. The molecule has 1 unspecified atom stereocenters. The van der Waals surface area contributed by atoms with Crippen molar-refractivity contribution >= 4 is 11.9 Å². The third kappa shape index (κ3) is 3.50. The molecule has 1 aromatic heterocycles. The maximum absolute atomic E-state index is 11.5. The molecule has 0 radical (unpaired) electrons. The SMILES string of the molecule is CCOC(=O)C(C)ONC(=O)c1nonc1CO. The van der Waals surface area contributed by atoms with Gasteiger partial charge in [0.05, 0.1) is 13.2 Å². The van der Waals surface area contributed by atoms with Gasteiger partial charge >= 0.3 is 5.97 Å². The number of hydrogen-bond donors (Lipinski definition) is 2. The average Bonchev–Trinajstić information content (AvgIpc) is 2.84. The van der Waals surface area contributed by atoms with Crippen LogP contribution in [0.1, 0.15) is 30.0 Å².